The summed E-state index contributed by atoms with van der Waals surface area (Å²) < 4.78 is 0. The van der Waals surface area contributed by atoms with Crippen molar-refractivity contribution in [1.82, 2.24) is 19.9 Å². The quantitative estimate of drug-likeness (QED) is 0.918. The monoisotopic (exact) mass is 269 g/mol. The molecule has 1 fully saturated rings. The number of hydrogen-bond acceptors (Lipinski definition) is 5. The predicted molar refractivity (Wildman–Crippen MR) is 78.3 cm³/mol. The van der Waals surface area contributed by atoms with E-state index in [9.17, 15) is 0 Å². The van der Waals surface area contributed by atoms with Gasteiger partial charge in [0.2, 0.25) is 5.95 Å². The molecule has 0 spiro atoms. The molecule has 2 aromatic heterocycles. The van der Waals surface area contributed by atoms with Gasteiger partial charge in [-0.25, -0.2) is 9.97 Å². The summed E-state index contributed by atoms with van der Waals surface area (Å²) in [5.74, 6) is 0.721. The van der Waals surface area contributed by atoms with Gasteiger partial charge >= 0.3 is 0 Å². The second-order valence-electron chi connectivity index (χ2n) is 5.24. The fraction of sp³-hybridized carbons (Fsp3) is 0.400. The lowest BCUT2D eigenvalue weighted by atomic mass is 10.2. The van der Waals surface area contributed by atoms with Crippen molar-refractivity contribution in [2.75, 3.05) is 18.4 Å². The minimum Gasteiger partial charge on any atom is -0.350 e. The Morgan fingerprint density at radius 3 is 2.90 bits per heavy atom. The van der Waals surface area contributed by atoms with E-state index in [0.29, 0.717) is 6.04 Å². The van der Waals surface area contributed by atoms with Crippen LogP contribution in [0.3, 0.4) is 0 Å². The van der Waals surface area contributed by atoms with Crippen molar-refractivity contribution >= 4 is 5.95 Å². The molecule has 1 aliphatic heterocycles. The highest BCUT2D eigenvalue weighted by Crippen LogP contribution is 2.16. The molecular weight excluding hydrogens is 250 g/mol. The highest BCUT2D eigenvalue weighted by atomic mass is 15.2. The molecule has 0 aromatic carbocycles. The van der Waals surface area contributed by atoms with Gasteiger partial charge in [-0.2, -0.15) is 0 Å². The number of nitrogens with one attached hydrogen (secondary N) is 1. The summed E-state index contributed by atoms with van der Waals surface area (Å²) in [4.78, 5) is 15.1. The molecule has 1 N–H and O–H groups in total. The Balaban J connectivity index is 1.54. The van der Waals surface area contributed by atoms with Crippen LogP contribution in [0.15, 0.2) is 36.8 Å². The smallest absolute Gasteiger partial charge is 0.222 e. The third-order valence-corrected chi connectivity index (χ3v) is 3.54. The zero-order valence-electron chi connectivity index (χ0n) is 11.7. The van der Waals surface area contributed by atoms with Crippen LogP contribution >= 0.6 is 0 Å². The van der Waals surface area contributed by atoms with Gasteiger partial charge in [-0.3, -0.25) is 9.88 Å². The molecule has 2 aromatic rings. The van der Waals surface area contributed by atoms with Gasteiger partial charge in [-0.1, -0.05) is 0 Å². The normalized spacial score (nSPS) is 19.1. The lowest BCUT2D eigenvalue weighted by Crippen LogP contribution is -2.26. The third-order valence-electron chi connectivity index (χ3n) is 3.54. The summed E-state index contributed by atoms with van der Waals surface area (Å²) in [5.41, 5.74) is 2.41. The molecule has 5 nitrogen and oxygen atoms in total. The Kier molecular flexibility index (Phi) is 3.87. The third kappa shape index (κ3) is 3.30. The maximum atomic E-state index is 4.24. The van der Waals surface area contributed by atoms with E-state index < -0.39 is 0 Å². The standard InChI is InChI=1S/C15H19N5/c1-12-9-13(3-7-16-12)10-20-8-4-14(11-20)19-15-17-5-2-6-18-15/h2-3,5-7,9,14H,4,8,10-11H2,1H3,(H,17,18,19). The van der Waals surface area contributed by atoms with Gasteiger partial charge in [-0.05, 0) is 37.1 Å². The molecule has 0 saturated carbocycles. The zero-order chi connectivity index (χ0) is 13.8. The molecule has 3 heterocycles. The predicted octanol–water partition coefficient (Wildman–Crippen LogP) is 1.87. The Morgan fingerprint density at radius 1 is 1.25 bits per heavy atom. The molecule has 0 amide bonds. The van der Waals surface area contributed by atoms with Crippen LogP contribution in [0, 0.1) is 6.92 Å². The molecule has 1 unspecified atom stereocenters. The molecular formula is C15H19N5. The Morgan fingerprint density at radius 2 is 2.10 bits per heavy atom. The van der Waals surface area contributed by atoms with Crippen molar-refractivity contribution in [1.29, 1.82) is 0 Å². The summed E-state index contributed by atoms with van der Waals surface area (Å²) in [6.45, 7) is 5.15. The van der Waals surface area contributed by atoms with E-state index in [1.165, 1.54) is 5.56 Å². The van der Waals surface area contributed by atoms with Crippen LogP contribution in [0.1, 0.15) is 17.7 Å². The van der Waals surface area contributed by atoms with Crippen LogP contribution in [0.2, 0.25) is 0 Å². The average molecular weight is 269 g/mol. The van der Waals surface area contributed by atoms with Gasteiger partial charge in [0.25, 0.3) is 0 Å². The highest BCUT2D eigenvalue weighted by Gasteiger charge is 2.22. The first kappa shape index (κ1) is 13.0. The van der Waals surface area contributed by atoms with Gasteiger partial charge in [0.1, 0.15) is 0 Å². The largest absolute Gasteiger partial charge is 0.350 e. The minimum absolute atomic E-state index is 0.431. The first-order valence-electron chi connectivity index (χ1n) is 6.97. The van der Waals surface area contributed by atoms with Crippen molar-refractivity contribution < 1.29 is 0 Å². The van der Waals surface area contributed by atoms with Crippen LogP contribution in [0.4, 0.5) is 5.95 Å². The number of rotatable bonds is 4. The Bertz CT molecular complexity index is 557. The number of likely N-dealkylation sites (tertiary alicyclic amines) is 1. The maximum absolute atomic E-state index is 4.24. The van der Waals surface area contributed by atoms with Gasteiger partial charge in [0.05, 0.1) is 0 Å². The fourth-order valence-electron chi connectivity index (χ4n) is 2.61. The summed E-state index contributed by atoms with van der Waals surface area (Å²) >= 11 is 0. The molecule has 1 atom stereocenters. The van der Waals surface area contributed by atoms with Crippen molar-refractivity contribution in [3.05, 3.63) is 48.0 Å². The lowest BCUT2D eigenvalue weighted by molar-refractivity contribution is 0.328. The molecule has 1 saturated heterocycles. The van der Waals surface area contributed by atoms with Gasteiger partial charge in [0.15, 0.2) is 0 Å². The SMILES string of the molecule is Cc1cc(CN2CCC(Nc3ncccn3)C2)ccn1. The summed E-state index contributed by atoms with van der Waals surface area (Å²) in [5, 5.41) is 3.39. The number of aryl methyl sites for hydroxylation is 1. The lowest BCUT2D eigenvalue weighted by Gasteiger charge is -2.16. The van der Waals surface area contributed by atoms with Crippen molar-refractivity contribution in [3.8, 4) is 0 Å². The van der Waals surface area contributed by atoms with Crippen molar-refractivity contribution in [2.45, 2.75) is 25.9 Å². The average Bonchev–Trinajstić information content (AvgIpc) is 2.87. The number of aromatic nitrogens is 3. The van der Waals surface area contributed by atoms with E-state index in [1.807, 2.05) is 19.2 Å². The number of hydrogen-bond donors (Lipinski definition) is 1. The van der Waals surface area contributed by atoms with E-state index in [-0.39, 0.29) is 0 Å². The maximum Gasteiger partial charge on any atom is 0.222 e. The topological polar surface area (TPSA) is 53.9 Å². The molecule has 20 heavy (non-hydrogen) atoms. The molecule has 104 valence electrons. The van der Waals surface area contributed by atoms with Crippen molar-refractivity contribution in [2.24, 2.45) is 0 Å². The Labute approximate surface area is 119 Å². The van der Waals surface area contributed by atoms with Crippen LogP contribution in [-0.4, -0.2) is 39.0 Å². The van der Waals surface area contributed by atoms with Crippen molar-refractivity contribution in [3.63, 3.8) is 0 Å². The van der Waals surface area contributed by atoms with Crippen LogP contribution in [-0.2, 0) is 6.54 Å². The molecule has 5 heteroatoms. The fourth-order valence-corrected chi connectivity index (χ4v) is 2.61. The number of pyridine rings is 1. The summed E-state index contributed by atoms with van der Waals surface area (Å²) in [7, 11) is 0. The second-order valence-corrected chi connectivity index (χ2v) is 5.24. The minimum atomic E-state index is 0.431. The molecule has 1 aliphatic rings. The van der Waals surface area contributed by atoms with E-state index in [4.69, 9.17) is 0 Å². The van der Waals surface area contributed by atoms with E-state index in [1.54, 1.807) is 12.4 Å². The summed E-state index contributed by atoms with van der Waals surface area (Å²) in [6, 6.07) is 6.51. The Hall–Kier alpha value is -2.01. The molecule has 0 radical (unpaired) electrons. The zero-order valence-corrected chi connectivity index (χ0v) is 11.7. The van der Waals surface area contributed by atoms with Crippen LogP contribution in [0.5, 0.6) is 0 Å². The second kappa shape index (κ2) is 5.96. The van der Waals surface area contributed by atoms with E-state index in [0.717, 1.165) is 37.7 Å². The highest BCUT2D eigenvalue weighted by molar-refractivity contribution is 5.25. The molecule has 0 aliphatic carbocycles. The molecule has 3 rings (SSSR count). The summed E-state index contributed by atoms with van der Waals surface area (Å²) in [6.07, 6.45) is 6.54. The number of anilines is 1. The van der Waals surface area contributed by atoms with Crippen LogP contribution < -0.4 is 5.32 Å². The first-order valence-corrected chi connectivity index (χ1v) is 6.97. The van der Waals surface area contributed by atoms with Crippen LogP contribution in [0.25, 0.3) is 0 Å². The van der Waals surface area contributed by atoms with E-state index in [2.05, 4.69) is 37.3 Å². The number of nitrogens with zero attached hydrogens (tertiary/aromatic N) is 4. The van der Waals surface area contributed by atoms with E-state index >= 15 is 0 Å². The van der Waals surface area contributed by atoms with Gasteiger partial charge in [-0.15, -0.1) is 0 Å². The first-order chi connectivity index (χ1) is 9.79. The van der Waals surface area contributed by atoms with Gasteiger partial charge in [0, 0.05) is 50.0 Å². The van der Waals surface area contributed by atoms with Gasteiger partial charge < -0.3 is 5.32 Å². The molecule has 0 bridgehead atoms.